The SMILES string of the molecule is CCc1ccccc1N(C(=O)c1cccc(C)c1)[C@@H]1C=CS(=O)(=O)C1. The predicted octanol–water partition coefficient (Wildman–Crippen LogP) is 3.51. The first-order chi connectivity index (χ1) is 11.9. The fourth-order valence-electron chi connectivity index (χ4n) is 3.12. The first-order valence-corrected chi connectivity index (χ1v) is 10.0. The fraction of sp³-hybridized carbons (Fsp3) is 0.250. The highest BCUT2D eigenvalue weighted by Gasteiger charge is 2.32. The third kappa shape index (κ3) is 3.66. The molecule has 0 aromatic heterocycles. The summed E-state index contributed by atoms with van der Waals surface area (Å²) < 4.78 is 23.8. The van der Waals surface area contributed by atoms with E-state index in [9.17, 15) is 13.2 Å². The van der Waals surface area contributed by atoms with E-state index in [-0.39, 0.29) is 11.7 Å². The molecule has 1 heterocycles. The molecule has 0 aliphatic carbocycles. The number of hydrogen-bond donors (Lipinski definition) is 0. The molecule has 3 rings (SSSR count). The van der Waals surface area contributed by atoms with Crippen LogP contribution in [0.15, 0.2) is 60.0 Å². The zero-order valence-corrected chi connectivity index (χ0v) is 15.2. The van der Waals surface area contributed by atoms with E-state index in [1.807, 2.05) is 56.3 Å². The second kappa shape index (κ2) is 6.84. The van der Waals surface area contributed by atoms with E-state index in [2.05, 4.69) is 0 Å². The van der Waals surface area contributed by atoms with Gasteiger partial charge in [0.1, 0.15) is 0 Å². The molecule has 2 aromatic rings. The Morgan fingerprint density at radius 3 is 2.56 bits per heavy atom. The minimum atomic E-state index is -3.27. The molecule has 0 unspecified atom stereocenters. The molecule has 1 aliphatic heterocycles. The fourth-order valence-corrected chi connectivity index (χ4v) is 4.39. The number of sulfone groups is 1. The van der Waals surface area contributed by atoms with Gasteiger partial charge in [-0.3, -0.25) is 4.79 Å². The maximum Gasteiger partial charge on any atom is 0.258 e. The van der Waals surface area contributed by atoms with Gasteiger partial charge in [0.25, 0.3) is 5.91 Å². The first kappa shape index (κ1) is 17.4. The summed E-state index contributed by atoms with van der Waals surface area (Å²) in [7, 11) is -3.27. The van der Waals surface area contributed by atoms with E-state index in [0.717, 1.165) is 23.2 Å². The molecule has 0 saturated carbocycles. The zero-order valence-electron chi connectivity index (χ0n) is 14.3. The van der Waals surface area contributed by atoms with E-state index < -0.39 is 15.9 Å². The highest BCUT2D eigenvalue weighted by Crippen LogP contribution is 2.28. The van der Waals surface area contributed by atoms with Gasteiger partial charge in [-0.05, 0) is 43.2 Å². The number of hydrogen-bond acceptors (Lipinski definition) is 3. The van der Waals surface area contributed by atoms with Crippen LogP contribution in [0.25, 0.3) is 0 Å². The molecule has 1 atom stereocenters. The Hall–Kier alpha value is -2.40. The molecule has 0 N–H and O–H groups in total. The summed E-state index contributed by atoms with van der Waals surface area (Å²) in [6, 6.07) is 14.5. The smallest absolute Gasteiger partial charge is 0.258 e. The summed E-state index contributed by atoms with van der Waals surface area (Å²) >= 11 is 0. The van der Waals surface area contributed by atoms with Gasteiger partial charge >= 0.3 is 0 Å². The van der Waals surface area contributed by atoms with Crippen molar-refractivity contribution in [2.75, 3.05) is 10.7 Å². The Bertz CT molecular complexity index is 931. The van der Waals surface area contributed by atoms with Crippen molar-refractivity contribution < 1.29 is 13.2 Å². The van der Waals surface area contributed by atoms with Crippen molar-refractivity contribution in [1.29, 1.82) is 0 Å². The van der Waals surface area contributed by atoms with Crippen LogP contribution in [0, 0.1) is 6.92 Å². The summed E-state index contributed by atoms with van der Waals surface area (Å²) in [6.07, 6.45) is 2.37. The van der Waals surface area contributed by atoms with E-state index >= 15 is 0 Å². The second-order valence-corrected chi connectivity index (χ2v) is 8.18. The number of aryl methyl sites for hydroxylation is 2. The lowest BCUT2D eigenvalue weighted by Gasteiger charge is -2.29. The third-order valence-electron chi connectivity index (χ3n) is 4.36. The Morgan fingerprint density at radius 1 is 1.16 bits per heavy atom. The van der Waals surface area contributed by atoms with Crippen LogP contribution in [0.1, 0.15) is 28.4 Å². The lowest BCUT2D eigenvalue weighted by atomic mass is 10.0. The van der Waals surface area contributed by atoms with Crippen LogP contribution < -0.4 is 4.90 Å². The molecule has 130 valence electrons. The largest absolute Gasteiger partial charge is 0.300 e. The van der Waals surface area contributed by atoms with Crippen LogP contribution in [-0.2, 0) is 16.3 Å². The lowest BCUT2D eigenvalue weighted by molar-refractivity contribution is 0.0983. The summed E-state index contributed by atoms with van der Waals surface area (Å²) in [5.74, 6) is -0.265. The molecule has 0 fully saturated rings. The van der Waals surface area contributed by atoms with E-state index in [1.165, 1.54) is 5.41 Å². The number of amides is 1. The molecule has 2 aromatic carbocycles. The van der Waals surface area contributed by atoms with Gasteiger partial charge in [-0.25, -0.2) is 8.42 Å². The lowest BCUT2D eigenvalue weighted by Crippen LogP contribution is -2.41. The molecule has 4 nitrogen and oxygen atoms in total. The Balaban J connectivity index is 2.09. The first-order valence-electron chi connectivity index (χ1n) is 8.30. The average Bonchev–Trinajstić information content (AvgIpc) is 2.95. The number of carbonyl (C=O) groups excluding carboxylic acids is 1. The van der Waals surface area contributed by atoms with Crippen LogP contribution in [0.3, 0.4) is 0 Å². The Labute approximate surface area is 148 Å². The minimum Gasteiger partial charge on any atom is -0.300 e. The van der Waals surface area contributed by atoms with Crippen molar-refractivity contribution in [2.24, 2.45) is 0 Å². The van der Waals surface area contributed by atoms with E-state index in [0.29, 0.717) is 5.56 Å². The predicted molar refractivity (Wildman–Crippen MR) is 101 cm³/mol. The van der Waals surface area contributed by atoms with Gasteiger partial charge in [0, 0.05) is 16.7 Å². The highest BCUT2D eigenvalue weighted by molar-refractivity contribution is 7.94. The highest BCUT2D eigenvalue weighted by atomic mass is 32.2. The van der Waals surface area contributed by atoms with Gasteiger partial charge in [-0.2, -0.15) is 0 Å². The van der Waals surface area contributed by atoms with Gasteiger partial charge in [0.2, 0.25) is 0 Å². The molecule has 25 heavy (non-hydrogen) atoms. The quantitative estimate of drug-likeness (QED) is 0.843. The summed E-state index contributed by atoms with van der Waals surface area (Å²) in [5, 5.41) is 1.21. The number of rotatable bonds is 4. The number of nitrogens with zero attached hydrogens (tertiary/aromatic N) is 1. The average molecular weight is 355 g/mol. The van der Waals surface area contributed by atoms with Gasteiger partial charge in [-0.15, -0.1) is 0 Å². The molecule has 0 saturated heterocycles. The molecule has 0 bridgehead atoms. The molecule has 1 aliphatic rings. The van der Waals surface area contributed by atoms with Crippen molar-refractivity contribution in [3.05, 3.63) is 76.7 Å². The van der Waals surface area contributed by atoms with Crippen molar-refractivity contribution in [3.63, 3.8) is 0 Å². The van der Waals surface area contributed by atoms with Gasteiger partial charge in [0.15, 0.2) is 9.84 Å². The van der Waals surface area contributed by atoms with Crippen molar-refractivity contribution in [2.45, 2.75) is 26.3 Å². The monoisotopic (exact) mass is 355 g/mol. The summed E-state index contributed by atoms with van der Waals surface area (Å²) in [4.78, 5) is 14.9. The van der Waals surface area contributed by atoms with Gasteiger partial charge in [0.05, 0.1) is 11.8 Å². The van der Waals surface area contributed by atoms with Crippen LogP contribution in [0.2, 0.25) is 0 Å². The number of para-hydroxylation sites is 1. The van der Waals surface area contributed by atoms with Crippen LogP contribution >= 0.6 is 0 Å². The van der Waals surface area contributed by atoms with Crippen molar-refractivity contribution >= 4 is 21.4 Å². The second-order valence-electron chi connectivity index (χ2n) is 6.25. The molecule has 1 amide bonds. The summed E-state index contributed by atoms with van der Waals surface area (Å²) in [5.41, 5.74) is 3.33. The summed E-state index contributed by atoms with van der Waals surface area (Å²) in [6.45, 7) is 3.95. The Morgan fingerprint density at radius 2 is 1.92 bits per heavy atom. The Kier molecular flexibility index (Phi) is 4.77. The van der Waals surface area contributed by atoms with E-state index in [1.54, 1.807) is 17.0 Å². The normalized spacial score (nSPS) is 18.2. The van der Waals surface area contributed by atoms with E-state index in [4.69, 9.17) is 0 Å². The number of benzene rings is 2. The van der Waals surface area contributed by atoms with Crippen molar-refractivity contribution in [3.8, 4) is 0 Å². The molecular formula is C20H21NO3S. The maximum atomic E-state index is 13.3. The van der Waals surface area contributed by atoms with Gasteiger partial charge < -0.3 is 4.90 Å². The van der Waals surface area contributed by atoms with Crippen LogP contribution in [-0.4, -0.2) is 26.1 Å². The molecular weight excluding hydrogens is 334 g/mol. The zero-order chi connectivity index (χ0) is 18.0. The minimum absolute atomic E-state index is 0.0807. The molecule has 0 spiro atoms. The van der Waals surface area contributed by atoms with Gasteiger partial charge in [-0.1, -0.05) is 42.8 Å². The van der Waals surface area contributed by atoms with Crippen molar-refractivity contribution in [1.82, 2.24) is 0 Å². The van der Waals surface area contributed by atoms with Crippen LogP contribution in [0.4, 0.5) is 5.69 Å². The maximum absolute atomic E-state index is 13.3. The third-order valence-corrected chi connectivity index (χ3v) is 5.74. The number of anilines is 1. The molecule has 5 heteroatoms. The standard InChI is InChI=1S/C20H21NO3S/c1-3-16-8-4-5-10-19(16)21(18-11-12-25(23,24)14-18)20(22)17-9-6-7-15(2)13-17/h4-13,18H,3,14H2,1-2H3/t18-/m1/s1. The topological polar surface area (TPSA) is 54.5 Å². The van der Waals surface area contributed by atoms with Crippen LogP contribution in [0.5, 0.6) is 0 Å². The number of carbonyl (C=O) groups is 1. The molecule has 0 radical (unpaired) electrons.